The molecule has 3 aliphatic heterocycles. The van der Waals surface area contributed by atoms with Crippen LogP contribution in [0.3, 0.4) is 0 Å². The molecule has 1 spiro atoms. The van der Waals surface area contributed by atoms with Gasteiger partial charge in [-0.15, -0.1) is 10.2 Å². The lowest BCUT2D eigenvalue weighted by Crippen LogP contribution is -2.59. The number of alkyl halides is 3. The van der Waals surface area contributed by atoms with Crippen LogP contribution < -0.4 is 4.90 Å². The molecule has 3 fully saturated rings. The zero-order chi connectivity index (χ0) is 31.9. The lowest BCUT2D eigenvalue weighted by atomic mass is 9.58. The molecular weight excluding hydrogens is 581 g/mol. The summed E-state index contributed by atoms with van der Waals surface area (Å²) in [6, 6.07) is 10.2. The van der Waals surface area contributed by atoms with Gasteiger partial charge in [-0.05, 0) is 85.7 Å². The Kier molecular flexibility index (Phi) is 6.78. The van der Waals surface area contributed by atoms with Gasteiger partial charge in [0.05, 0.1) is 17.5 Å². The highest BCUT2D eigenvalue weighted by Crippen LogP contribution is 2.52. The van der Waals surface area contributed by atoms with Crippen LogP contribution >= 0.6 is 0 Å². The molecule has 3 aromatic rings. The summed E-state index contributed by atoms with van der Waals surface area (Å²) in [5.41, 5.74) is 0.997. The van der Waals surface area contributed by atoms with E-state index in [0.29, 0.717) is 43.3 Å². The Morgan fingerprint density at radius 2 is 1.91 bits per heavy atom. The minimum Gasteiger partial charge on any atom is -0.338 e. The fraction of sp³-hybridized carbons (Fsp3) is 0.471. The summed E-state index contributed by atoms with van der Waals surface area (Å²) in [5.74, 6) is 0.811. The number of nitrogens with zero attached hydrogens (tertiary/aromatic N) is 6. The Balaban J connectivity index is 1.18. The third-order valence-electron chi connectivity index (χ3n) is 10.6. The smallest absolute Gasteiger partial charge is 0.338 e. The Morgan fingerprint density at radius 3 is 2.56 bits per heavy atom. The molecule has 4 aliphatic rings. The minimum atomic E-state index is -4.61. The number of anilines is 1. The van der Waals surface area contributed by atoms with Gasteiger partial charge in [0.1, 0.15) is 12.2 Å². The van der Waals surface area contributed by atoms with Crippen LogP contribution in [0.2, 0.25) is 0 Å². The standard InChI is InChI=1S/C34H37F3N6O2/c1-5-29(44)42-18-32(19-42)9-10-41(17-32)22(3)23-11-26-27(28(12-23)34(35,36)37)16-43(30(26)45)25-8-6-7-24(13-25)33(14-21(2)15-33)31-39-38-20-40(31)4/h5-8,11-13,20-22H,1,9-10,14-19H2,2-4H3. The number of fused-ring (bicyclic) bond motifs is 1. The van der Waals surface area contributed by atoms with Gasteiger partial charge in [-0.25, -0.2) is 0 Å². The van der Waals surface area contributed by atoms with Crippen LogP contribution in [-0.4, -0.2) is 62.6 Å². The number of amides is 2. The first-order valence-corrected chi connectivity index (χ1v) is 15.5. The zero-order valence-corrected chi connectivity index (χ0v) is 25.8. The van der Waals surface area contributed by atoms with Crippen molar-refractivity contribution in [1.29, 1.82) is 0 Å². The van der Waals surface area contributed by atoms with Crippen molar-refractivity contribution in [1.82, 2.24) is 24.6 Å². The maximum atomic E-state index is 14.6. The number of hydrogen-bond acceptors (Lipinski definition) is 5. The predicted molar refractivity (Wildman–Crippen MR) is 162 cm³/mol. The summed E-state index contributed by atoms with van der Waals surface area (Å²) in [6.07, 6.45) is 0.988. The van der Waals surface area contributed by atoms with Gasteiger partial charge in [-0.2, -0.15) is 13.2 Å². The van der Waals surface area contributed by atoms with Crippen LogP contribution in [0.5, 0.6) is 0 Å². The molecule has 2 amide bonds. The molecule has 1 aliphatic carbocycles. The van der Waals surface area contributed by atoms with Crippen molar-refractivity contribution in [3.05, 3.63) is 89.0 Å². The summed E-state index contributed by atoms with van der Waals surface area (Å²) in [6.45, 7) is 10.2. The van der Waals surface area contributed by atoms with Crippen molar-refractivity contribution in [2.24, 2.45) is 18.4 Å². The second kappa shape index (κ2) is 10.3. The monoisotopic (exact) mass is 618 g/mol. The van der Waals surface area contributed by atoms with Gasteiger partial charge in [0.25, 0.3) is 5.91 Å². The van der Waals surface area contributed by atoms with Crippen molar-refractivity contribution < 1.29 is 22.8 Å². The van der Waals surface area contributed by atoms with Gasteiger partial charge >= 0.3 is 6.18 Å². The number of aromatic nitrogens is 3. The molecule has 1 aromatic heterocycles. The van der Waals surface area contributed by atoms with Gasteiger partial charge in [0, 0.05) is 49.4 Å². The number of hydrogen-bond donors (Lipinski definition) is 0. The van der Waals surface area contributed by atoms with Gasteiger partial charge in [0.15, 0.2) is 0 Å². The number of halogens is 3. The average molecular weight is 619 g/mol. The van der Waals surface area contributed by atoms with E-state index >= 15 is 0 Å². The largest absolute Gasteiger partial charge is 0.416 e. The number of benzene rings is 2. The molecular formula is C34H37F3N6O2. The van der Waals surface area contributed by atoms with Gasteiger partial charge in [-0.1, -0.05) is 25.6 Å². The molecule has 8 nitrogen and oxygen atoms in total. The number of carbonyl (C=O) groups excluding carboxylic acids is 2. The molecule has 11 heteroatoms. The third-order valence-corrected chi connectivity index (χ3v) is 10.6. The summed E-state index contributed by atoms with van der Waals surface area (Å²) < 4.78 is 45.6. The molecule has 236 valence electrons. The molecule has 45 heavy (non-hydrogen) atoms. The first-order chi connectivity index (χ1) is 21.3. The van der Waals surface area contributed by atoms with Crippen molar-refractivity contribution in [2.75, 3.05) is 31.1 Å². The van der Waals surface area contributed by atoms with E-state index in [2.05, 4.69) is 28.6 Å². The predicted octanol–water partition coefficient (Wildman–Crippen LogP) is 5.49. The molecule has 2 aromatic carbocycles. The molecule has 2 saturated heterocycles. The van der Waals surface area contributed by atoms with Crippen molar-refractivity contribution in [2.45, 2.75) is 57.3 Å². The number of aryl methyl sites for hydroxylation is 1. The highest BCUT2D eigenvalue weighted by molar-refractivity contribution is 6.10. The number of rotatable bonds is 6. The van der Waals surface area contributed by atoms with Gasteiger partial charge in [0.2, 0.25) is 5.91 Å². The van der Waals surface area contributed by atoms with Crippen molar-refractivity contribution in [3.8, 4) is 0 Å². The maximum absolute atomic E-state index is 14.6. The van der Waals surface area contributed by atoms with E-state index in [1.165, 1.54) is 17.0 Å². The van der Waals surface area contributed by atoms with Crippen LogP contribution in [0.25, 0.3) is 0 Å². The fourth-order valence-electron chi connectivity index (χ4n) is 8.32. The van der Waals surface area contributed by atoms with E-state index in [9.17, 15) is 22.8 Å². The normalized spacial score (nSPS) is 24.8. The van der Waals surface area contributed by atoms with Crippen LogP contribution in [0.4, 0.5) is 18.9 Å². The van der Waals surface area contributed by atoms with Gasteiger partial charge < -0.3 is 14.4 Å². The first-order valence-electron chi connectivity index (χ1n) is 15.5. The minimum absolute atomic E-state index is 0.0181. The number of carbonyl (C=O) groups is 2. The summed E-state index contributed by atoms with van der Waals surface area (Å²) in [5, 5.41) is 8.50. The van der Waals surface area contributed by atoms with E-state index in [-0.39, 0.29) is 40.5 Å². The molecule has 0 bridgehead atoms. The van der Waals surface area contributed by atoms with E-state index < -0.39 is 17.6 Å². The van der Waals surface area contributed by atoms with Crippen LogP contribution in [0, 0.1) is 11.3 Å². The Morgan fingerprint density at radius 1 is 1.16 bits per heavy atom. The molecule has 0 radical (unpaired) electrons. The number of likely N-dealkylation sites (tertiary alicyclic amines) is 2. The lowest BCUT2D eigenvalue weighted by molar-refractivity contribution is -0.138. The van der Waals surface area contributed by atoms with E-state index in [1.54, 1.807) is 23.4 Å². The summed E-state index contributed by atoms with van der Waals surface area (Å²) in [4.78, 5) is 31.3. The van der Waals surface area contributed by atoms with Crippen molar-refractivity contribution in [3.63, 3.8) is 0 Å². The highest BCUT2D eigenvalue weighted by atomic mass is 19.4. The topological polar surface area (TPSA) is 74.6 Å². The second-order valence-corrected chi connectivity index (χ2v) is 13.7. The van der Waals surface area contributed by atoms with Crippen LogP contribution in [0.1, 0.15) is 77.6 Å². The molecule has 1 saturated carbocycles. The SMILES string of the molecule is C=CC(=O)N1CC2(CCN(C(C)c3cc4c(c(C(F)(F)F)c3)CN(c3cccc(C5(c6nncn6C)CC(C)C5)c3)C4=O)C2)C1. The van der Waals surface area contributed by atoms with Crippen LogP contribution in [-0.2, 0) is 30.0 Å². The lowest BCUT2D eigenvalue weighted by Gasteiger charge is -2.48. The first kappa shape index (κ1) is 29.7. The molecule has 1 atom stereocenters. The quantitative estimate of drug-likeness (QED) is 0.342. The summed E-state index contributed by atoms with van der Waals surface area (Å²) >= 11 is 0. The molecule has 7 rings (SSSR count). The average Bonchev–Trinajstić information content (AvgIpc) is 3.70. The second-order valence-electron chi connectivity index (χ2n) is 13.7. The molecule has 1 unspecified atom stereocenters. The third kappa shape index (κ3) is 4.69. The Hall–Kier alpha value is -3.99. The highest BCUT2D eigenvalue weighted by Gasteiger charge is 2.51. The fourth-order valence-corrected chi connectivity index (χ4v) is 8.32. The van der Waals surface area contributed by atoms with Gasteiger partial charge in [-0.3, -0.25) is 14.5 Å². The van der Waals surface area contributed by atoms with E-state index in [1.807, 2.05) is 36.7 Å². The van der Waals surface area contributed by atoms with Crippen molar-refractivity contribution >= 4 is 17.5 Å². The maximum Gasteiger partial charge on any atom is 0.416 e. The van der Waals surface area contributed by atoms with E-state index in [0.717, 1.165) is 30.7 Å². The van der Waals surface area contributed by atoms with Crippen LogP contribution in [0.15, 0.2) is 55.4 Å². The Labute approximate surface area is 260 Å². The van der Waals surface area contributed by atoms with E-state index in [4.69, 9.17) is 0 Å². The summed E-state index contributed by atoms with van der Waals surface area (Å²) in [7, 11) is 1.91. The Bertz CT molecular complexity index is 1700. The molecule has 0 N–H and O–H groups in total. The molecule has 4 heterocycles. The zero-order valence-electron chi connectivity index (χ0n) is 25.8.